The van der Waals surface area contributed by atoms with Crippen molar-refractivity contribution in [2.75, 3.05) is 7.11 Å². The number of benzene rings is 1. The van der Waals surface area contributed by atoms with E-state index in [4.69, 9.17) is 9.84 Å². The van der Waals surface area contributed by atoms with E-state index in [1.807, 2.05) is 0 Å². The Bertz CT molecular complexity index is 431. The lowest BCUT2D eigenvalue weighted by Gasteiger charge is -2.08. The summed E-state index contributed by atoms with van der Waals surface area (Å²) in [5.74, 6) is -1.78. The molecule has 86 valence electrons. The van der Waals surface area contributed by atoms with Gasteiger partial charge < -0.3 is 14.6 Å². The van der Waals surface area contributed by atoms with Crippen molar-refractivity contribution in [3.05, 3.63) is 40.5 Å². The lowest BCUT2D eigenvalue weighted by Crippen LogP contribution is -2.11. The van der Waals surface area contributed by atoms with E-state index in [0.29, 0.717) is 6.26 Å². The van der Waals surface area contributed by atoms with Crippen LogP contribution in [0.1, 0.15) is 0 Å². The van der Waals surface area contributed by atoms with E-state index in [2.05, 4.69) is 20.7 Å². The van der Waals surface area contributed by atoms with Crippen molar-refractivity contribution < 1.29 is 23.8 Å². The third-order valence-corrected chi connectivity index (χ3v) is 2.41. The number of methoxy groups -OCH3 is 1. The molecule has 0 unspecified atom stereocenters. The van der Waals surface area contributed by atoms with Gasteiger partial charge in [-0.1, -0.05) is 6.07 Å². The molecule has 0 aromatic heterocycles. The van der Waals surface area contributed by atoms with Crippen molar-refractivity contribution in [2.45, 2.75) is 0 Å². The summed E-state index contributed by atoms with van der Waals surface area (Å²) in [4.78, 5) is 11.1. The molecule has 0 saturated heterocycles. The minimum absolute atomic E-state index is 0.0539. The minimum Gasteiger partial charge on any atom is -0.511 e. The van der Waals surface area contributed by atoms with Crippen molar-refractivity contribution in [1.82, 2.24) is 0 Å². The van der Waals surface area contributed by atoms with Crippen molar-refractivity contribution in [1.29, 1.82) is 0 Å². The van der Waals surface area contributed by atoms with E-state index in [9.17, 15) is 9.18 Å². The van der Waals surface area contributed by atoms with Gasteiger partial charge in [-0.2, -0.15) is 0 Å². The fourth-order valence-electron chi connectivity index (χ4n) is 0.903. The van der Waals surface area contributed by atoms with Crippen LogP contribution in [-0.2, 0) is 9.53 Å². The molecule has 16 heavy (non-hydrogen) atoms. The van der Waals surface area contributed by atoms with E-state index >= 15 is 0 Å². The Morgan fingerprint density at radius 3 is 2.81 bits per heavy atom. The summed E-state index contributed by atoms with van der Waals surface area (Å²) in [6.07, 6.45) is 0.448. The standard InChI is InChI=1S/C10H8BrFO4/c1-15-10(14)8(5-13)16-7-4-2-3-6(12)9(7)11/h2-5,13H,1H3/b8-5+. The van der Waals surface area contributed by atoms with Gasteiger partial charge in [0.05, 0.1) is 11.6 Å². The first-order valence-corrected chi connectivity index (χ1v) is 4.94. The average molecular weight is 291 g/mol. The zero-order valence-electron chi connectivity index (χ0n) is 8.24. The molecule has 0 atom stereocenters. The summed E-state index contributed by atoms with van der Waals surface area (Å²) in [6, 6.07) is 4.05. The maximum Gasteiger partial charge on any atom is 0.377 e. The quantitative estimate of drug-likeness (QED) is 0.528. The Balaban J connectivity index is 2.96. The zero-order valence-corrected chi connectivity index (χ0v) is 9.82. The molecule has 0 aliphatic rings. The maximum atomic E-state index is 13.1. The number of aliphatic hydroxyl groups is 1. The summed E-state index contributed by atoms with van der Waals surface area (Å²) in [6.45, 7) is 0. The molecule has 1 rings (SSSR count). The first-order valence-electron chi connectivity index (χ1n) is 4.14. The van der Waals surface area contributed by atoms with Crippen molar-refractivity contribution in [3.8, 4) is 5.75 Å². The summed E-state index contributed by atoms with van der Waals surface area (Å²) < 4.78 is 22.5. The fourth-order valence-corrected chi connectivity index (χ4v) is 1.25. The summed E-state index contributed by atoms with van der Waals surface area (Å²) >= 11 is 2.95. The third-order valence-electron chi connectivity index (χ3n) is 1.64. The van der Waals surface area contributed by atoms with E-state index in [0.717, 1.165) is 7.11 Å². The lowest BCUT2D eigenvalue weighted by atomic mass is 10.3. The smallest absolute Gasteiger partial charge is 0.377 e. The molecular formula is C10H8BrFO4. The Hall–Kier alpha value is -1.56. The number of hydrogen-bond acceptors (Lipinski definition) is 4. The van der Waals surface area contributed by atoms with Crippen LogP contribution in [0.5, 0.6) is 5.75 Å². The van der Waals surface area contributed by atoms with Crippen LogP contribution in [0.3, 0.4) is 0 Å². The van der Waals surface area contributed by atoms with Crippen LogP contribution in [0.25, 0.3) is 0 Å². The normalized spacial score (nSPS) is 11.1. The summed E-state index contributed by atoms with van der Waals surface area (Å²) in [5, 5.41) is 8.75. The second kappa shape index (κ2) is 5.50. The topological polar surface area (TPSA) is 55.8 Å². The van der Waals surface area contributed by atoms with Gasteiger partial charge in [-0.15, -0.1) is 0 Å². The third kappa shape index (κ3) is 2.73. The van der Waals surface area contributed by atoms with E-state index in [-0.39, 0.29) is 10.2 Å². The molecule has 1 aromatic carbocycles. The van der Waals surface area contributed by atoms with Crippen LogP contribution < -0.4 is 4.74 Å². The molecule has 1 aromatic rings. The van der Waals surface area contributed by atoms with Gasteiger partial charge in [0, 0.05) is 0 Å². The van der Waals surface area contributed by atoms with Gasteiger partial charge in [0.2, 0.25) is 5.76 Å². The van der Waals surface area contributed by atoms with Gasteiger partial charge in [-0.3, -0.25) is 0 Å². The number of ether oxygens (including phenoxy) is 2. The molecule has 0 saturated carbocycles. The van der Waals surface area contributed by atoms with Crippen molar-refractivity contribution >= 4 is 21.9 Å². The summed E-state index contributed by atoms with van der Waals surface area (Å²) in [5.41, 5.74) is 0. The van der Waals surface area contributed by atoms with E-state index < -0.39 is 17.5 Å². The predicted octanol–water partition coefficient (Wildman–Crippen LogP) is 2.54. The highest BCUT2D eigenvalue weighted by Crippen LogP contribution is 2.28. The molecule has 4 nitrogen and oxygen atoms in total. The van der Waals surface area contributed by atoms with E-state index in [1.165, 1.54) is 18.2 Å². The first-order chi connectivity index (χ1) is 7.60. The highest BCUT2D eigenvalue weighted by molar-refractivity contribution is 9.10. The molecule has 0 bridgehead atoms. The van der Waals surface area contributed by atoms with Gasteiger partial charge in [0.25, 0.3) is 0 Å². The highest BCUT2D eigenvalue weighted by atomic mass is 79.9. The number of carbonyl (C=O) groups is 1. The number of hydrogen-bond donors (Lipinski definition) is 1. The molecule has 1 N–H and O–H groups in total. The Kier molecular flexibility index (Phi) is 4.30. The fraction of sp³-hybridized carbons (Fsp3) is 0.100. The number of aliphatic hydroxyl groups excluding tert-OH is 1. The SMILES string of the molecule is COC(=O)/C(=C\O)Oc1cccc(F)c1Br. The van der Waals surface area contributed by atoms with Crippen molar-refractivity contribution in [3.63, 3.8) is 0 Å². The van der Waals surface area contributed by atoms with Gasteiger partial charge >= 0.3 is 5.97 Å². The molecular weight excluding hydrogens is 283 g/mol. The van der Waals surface area contributed by atoms with Crippen LogP contribution >= 0.6 is 15.9 Å². The monoisotopic (exact) mass is 290 g/mol. The average Bonchev–Trinajstić information content (AvgIpc) is 2.30. The van der Waals surface area contributed by atoms with Gasteiger partial charge in [0.15, 0.2) is 0 Å². The zero-order chi connectivity index (χ0) is 12.1. The van der Waals surface area contributed by atoms with Gasteiger partial charge in [-0.25, -0.2) is 9.18 Å². The summed E-state index contributed by atoms with van der Waals surface area (Å²) in [7, 11) is 1.13. The lowest BCUT2D eigenvalue weighted by molar-refractivity contribution is -0.138. The predicted molar refractivity (Wildman–Crippen MR) is 57.5 cm³/mol. The van der Waals surface area contributed by atoms with Crippen LogP contribution in [0.15, 0.2) is 34.7 Å². The highest BCUT2D eigenvalue weighted by Gasteiger charge is 2.15. The largest absolute Gasteiger partial charge is 0.511 e. The first kappa shape index (κ1) is 12.5. The Morgan fingerprint density at radius 1 is 1.56 bits per heavy atom. The van der Waals surface area contributed by atoms with Gasteiger partial charge in [-0.05, 0) is 28.1 Å². The van der Waals surface area contributed by atoms with Crippen LogP contribution in [0.4, 0.5) is 4.39 Å². The Labute approximate surface area is 99.4 Å². The molecule has 0 heterocycles. The van der Waals surface area contributed by atoms with Crippen molar-refractivity contribution in [2.24, 2.45) is 0 Å². The van der Waals surface area contributed by atoms with Crippen LogP contribution in [-0.4, -0.2) is 18.2 Å². The molecule has 0 amide bonds. The molecule has 0 aliphatic carbocycles. The second-order valence-electron chi connectivity index (χ2n) is 2.64. The molecule has 0 spiro atoms. The maximum absolute atomic E-state index is 13.1. The van der Waals surface area contributed by atoms with Crippen LogP contribution in [0, 0.1) is 5.82 Å². The number of esters is 1. The van der Waals surface area contributed by atoms with Gasteiger partial charge in [0.1, 0.15) is 17.8 Å². The second-order valence-corrected chi connectivity index (χ2v) is 3.43. The van der Waals surface area contributed by atoms with E-state index in [1.54, 1.807) is 0 Å². The number of halogens is 2. The minimum atomic E-state index is -0.862. The molecule has 0 radical (unpaired) electrons. The molecule has 0 aliphatic heterocycles. The number of carbonyl (C=O) groups excluding carboxylic acids is 1. The molecule has 0 fully saturated rings. The number of rotatable bonds is 3. The molecule has 6 heteroatoms. The van der Waals surface area contributed by atoms with Crippen LogP contribution in [0.2, 0.25) is 0 Å². The Morgan fingerprint density at radius 2 is 2.25 bits per heavy atom.